The molecule has 0 radical (unpaired) electrons. The Bertz CT molecular complexity index is 1010. The van der Waals surface area contributed by atoms with E-state index in [-0.39, 0.29) is 11.4 Å². The van der Waals surface area contributed by atoms with Crippen molar-refractivity contribution >= 4 is 28.5 Å². The molecule has 28 heavy (non-hydrogen) atoms. The Morgan fingerprint density at radius 1 is 1.29 bits per heavy atom. The molecule has 2 unspecified atom stereocenters. The first kappa shape index (κ1) is 18.4. The fourth-order valence-electron chi connectivity index (χ4n) is 3.60. The highest BCUT2D eigenvalue weighted by Gasteiger charge is 2.22. The highest BCUT2D eigenvalue weighted by Crippen LogP contribution is 2.24. The van der Waals surface area contributed by atoms with Gasteiger partial charge in [0.15, 0.2) is 17.3 Å². The Morgan fingerprint density at radius 3 is 2.71 bits per heavy atom. The minimum Gasteiger partial charge on any atom is -0.441 e. The summed E-state index contributed by atoms with van der Waals surface area (Å²) in [6.07, 6.45) is 1.54. The quantitative estimate of drug-likeness (QED) is 0.723. The largest absolute Gasteiger partial charge is 0.441 e. The average molecular weight is 383 g/mol. The van der Waals surface area contributed by atoms with Gasteiger partial charge in [-0.2, -0.15) is 0 Å². The van der Waals surface area contributed by atoms with Crippen molar-refractivity contribution in [3.63, 3.8) is 0 Å². The third-order valence-corrected chi connectivity index (χ3v) is 4.70. The SMILES string of the molecule is Cc1nc2c(F)cc(NC(=O)c3ccc(N4CC(C)NC(C)C4)nc3)cc2o1. The molecule has 2 aromatic heterocycles. The number of oxazole rings is 1. The molecular formula is C20H22FN5O2. The van der Waals surface area contributed by atoms with Crippen molar-refractivity contribution in [3.05, 3.63) is 47.7 Å². The lowest BCUT2D eigenvalue weighted by molar-refractivity contribution is 0.102. The van der Waals surface area contributed by atoms with Crippen LogP contribution in [0.1, 0.15) is 30.1 Å². The maximum atomic E-state index is 14.1. The van der Waals surface area contributed by atoms with Crippen LogP contribution in [0.3, 0.4) is 0 Å². The zero-order valence-corrected chi connectivity index (χ0v) is 16.0. The third-order valence-electron chi connectivity index (χ3n) is 4.70. The topological polar surface area (TPSA) is 83.3 Å². The van der Waals surface area contributed by atoms with Gasteiger partial charge in [0.25, 0.3) is 5.91 Å². The number of aromatic nitrogens is 2. The highest BCUT2D eigenvalue weighted by atomic mass is 19.1. The van der Waals surface area contributed by atoms with Crippen molar-refractivity contribution in [2.45, 2.75) is 32.9 Å². The molecule has 1 fully saturated rings. The molecule has 1 aromatic carbocycles. The van der Waals surface area contributed by atoms with Gasteiger partial charge in [0, 0.05) is 50.0 Å². The lowest BCUT2D eigenvalue weighted by Crippen LogP contribution is -2.54. The molecular weight excluding hydrogens is 361 g/mol. The van der Waals surface area contributed by atoms with Gasteiger partial charge < -0.3 is 20.0 Å². The van der Waals surface area contributed by atoms with E-state index >= 15 is 0 Å². The number of fused-ring (bicyclic) bond motifs is 1. The van der Waals surface area contributed by atoms with Gasteiger partial charge in [-0.05, 0) is 32.0 Å². The molecule has 3 heterocycles. The number of carbonyl (C=O) groups excluding carboxylic acids is 1. The average Bonchev–Trinajstić information content (AvgIpc) is 3.02. The van der Waals surface area contributed by atoms with Crippen molar-refractivity contribution in [2.75, 3.05) is 23.3 Å². The van der Waals surface area contributed by atoms with E-state index in [0.717, 1.165) is 18.9 Å². The van der Waals surface area contributed by atoms with E-state index in [1.54, 1.807) is 19.1 Å². The number of pyridine rings is 1. The van der Waals surface area contributed by atoms with E-state index in [0.29, 0.717) is 34.8 Å². The summed E-state index contributed by atoms with van der Waals surface area (Å²) in [6.45, 7) is 7.63. The van der Waals surface area contributed by atoms with E-state index in [1.165, 1.54) is 12.3 Å². The molecule has 146 valence electrons. The Balaban J connectivity index is 1.49. The monoisotopic (exact) mass is 383 g/mol. The van der Waals surface area contributed by atoms with E-state index in [4.69, 9.17) is 4.42 Å². The third kappa shape index (κ3) is 3.68. The van der Waals surface area contributed by atoms with Crippen LogP contribution in [-0.4, -0.2) is 41.0 Å². The summed E-state index contributed by atoms with van der Waals surface area (Å²) in [7, 11) is 0. The van der Waals surface area contributed by atoms with Gasteiger partial charge in [-0.15, -0.1) is 0 Å². The number of hydrogen-bond donors (Lipinski definition) is 2. The first-order chi connectivity index (χ1) is 13.4. The van der Waals surface area contributed by atoms with E-state index in [9.17, 15) is 9.18 Å². The summed E-state index contributed by atoms with van der Waals surface area (Å²) in [5.41, 5.74) is 1.15. The fraction of sp³-hybridized carbons (Fsp3) is 0.350. The Hall–Kier alpha value is -3.00. The van der Waals surface area contributed by atoms with Crippen LogP contribution in [0, 0.1) is 12.7 Å². The Labute approximate surface area is 162 Å². The molecule has 7 nitrogen and oxygen atoms in total. The Morgan fingerprint density at radius 2 is 2.04 bits per heavy atom. The standard InChI is InChI=1S/C20H22FN5O2/c1-11-9-26(10-12(2)23-11)18-5-4-14(8-22-18)20(27)25-15-6-16(21)19-17(7-15)28-13(3)24-19/h4-8,11-12,23H,9-10H2,1-3H3,(H,25,27). The predicted molar refractivity (Wildman–Crippen MR) is 105 cm³/mol. The fourth-order valence-corrected chi connectivity index (χ4v) is 3.60. The van der Waals surface area contributed by atoms with Crippen LogP contribution in [-0.2, 0) is 0 Å². The molecule has 1 aliphatic heterocycles. The molecule has 0 aliphatic carbocycles. The highest BCUT2D eigenvalue weighted by molar-refractivity contribution is 6.04. The van der Waals surface area contributed by atoms with E-state index in [1.807, 2.05) is 6.07 Å². The smallest absolute Gasteiger partial charge is 0.257 e. The van der Waals surface area contributed by atoms with Crippen molar-refractivity contribution < 1.29 is 13.6 Å². The van der Waals surface area contributed by atoms with Gasteiger partial charge in [-0.1, -0.05) is 0 Å². The van der Waals surface area contributed by atoms with Crippen LogP contribution in [0.4, 0.5) is 15.9 Å². The number of nitrogens with one attached hydrogen (secondary N) is 2. The second-order valence-corrected chi connectivity index (χ2v) is 7.27. The zero-order valence-electron chi connectivity index (χ0n) is 16.0. The first-order valence-corrected chi connectivity index (χ1v) is 9.24. The van der Waals surface area contributed by atoms with Gasteiger partial charge in [0.2, 0.25) is 0 Å². The van der Waals surface area contributed by atoms with Gasteiger partial charge in [0.05, 0.1) is 5.56 Å². The molecule has 0 bridgehead atoms. The molecule has 3 aromatic rings. The van der Waals surface area contributed by atoms with Crippen molar-refractivity contribution in [2.24, 2.45) is 0 Å². The van der Waals surface area contributed by atoms with E-state index < -0.39 is 5.82 Å². The number of rotatable bonds is 3. The number of halogens is 1. The number of hydrogen-bond acceptors (Lipinski definition) is 6. The number of aryl methyl sites for hydroxylation is 1. The molecule has 4 rings (SSSR count). The normalized spacial score (nSPS) is 19.8. The van der Waals surface area contributed by atoms with Crippen LogP contribution in [0.15, 0.2) is 34.9 Å². The summed E-state index contributed by atoms with van der Waals surface area (Å²) >= 11 is 0. The lowest BCUT2D eigenvalue weighted by Gasteiger charge is -2.36. The summed E-state index contributed by atoms with van der Waals surface area (Å²) in [5, 5.41) is 6.16. The second-order valence-electron chi connectivity index (χ2n) is 7.27. The molecule has 0 spiro atoms. The van der Waals surface area contributed by atoms with Crippen LogP contribution >= 0.6 is 0 Å². The van der Waals surface area contributed by atoms with Crippen LogP contribution in [0.2, 0.25) is 0 Å². The summed E-state index contributed by atoms with van der Waals surface area (Å²) < 4.78 is 19.5. The molecule has 2 N–H and O–H groups in total. The number of amides is 1. The van der Waals surface area contributed by atoms with Gasteiger partial charge >= 0.3 is 0 Å². The predicted octanol–water partition coefficient (Wildman–Crippen LogP) is 3.11. The number of anilines is 2. The molecule has 2 atom stereocenters. The van der Waals surface area contributed by atoms with Crippen molar-refractivity contribution in [1.82, 2.24) is 15.3 Å². The number of carbonyl (C=O) groups is 1. The van der Waals surface area contributed by atoms with Crippen LogP contribution < -0.4 is 15.5 Å². The summed E-state index contributed by atoms with van der Waals surface area (Å²) in [4.78, 5) is 23.1. The molecule has 1 aliphatic rings. The van der Waals surface area contributed by atoms with Crippen LogP contribution in [0.25, 0.3) is 11.1 Å². The Kier molecular flexibility index (Phi) is 4.72. The number of piperazine rings is 1. The second kappa shape index (κ2) is 7.20. The van der Waals surface area contributed by atoms with E-state index in [2.05, 4.69) is 39.3 Å². The van der Waals surface area contributed by atoms with Crippen LogP contribution in [0.5, 0.6) is 0 Å². The molecule has 1 amide bonds. The lowest BCUT2D eigenvalue weighted by atomic mass is 10.1. The summed E-state index contributed by atoms with van der Waals surface area (Å²) in [6, 6.07) is 7.09. The van der Waals surface area contributed by atoms with Crippen molar-refractivity contribution in [1.29, 1.82) is 0 Å². The van der Waals surface area contributed by atoms with Gasteiger partial charge in [-0.25, -0.2) is 14.4 Å². The first-order valence-electron chi connectivity index (χ1n) is 9.24. The van der Waals surface area contributed by atoms with Gasteiger partial charge in [0.1, 0.15) is 11.3 Å². The number of benzene rings is 1. The van der Waals surface area contributed by atoms with Crippen molar-refractivity contribution in [3.8, 4) is 0 Å². The maximum Gasteiger partial charge on any atom is 0.257 e. The zero-order chi connectivity index (χ0) is 19.8. The minimum absolute atomic E-state index is 0.154. The molecule has 8 heteroatoms. The summed E-state index contributed by atoms with van der Waals surface area (Å²) in [5.74, 6) is 0.297. The number of nitrogens with zero attached hydrogens (tertiary/aromatic N) is 3. The molecule has 1 saturated heterocycles. The maximum absolute atomic E-state index is 14.1. The minimum atomic E-state index is -0.542. The van der Waals surface area contributed by atoms with Gasteiger partial charge in [-0.3, -0.25) is 4.79 Å². The molecule has 0 saturated carbocycles.